The van der Waals surface area contributed by atoms with Gasteiger partial charge < -0.3 is 29.2 Å². The standard InChI is InChI=1S/C23H33NO4S.C3H6O3/c1-3-4-5-6-7-8-21-24-18-14-19-20(28-23(18)29-21)15-26-22(27-19)13-16-9-11-17(25-2)12-10-16;1-2(4)3(5)6/h9-12,18-20,22-23H,3-8,13-15H2,1-2H3;2,4H,1H3,(H,5,6). The number of carboxylic acids is 1. The molecule has 0 amide bonds. The summed E-state index contributed by atoms with van der Waals surface area (Å²) < 4.78 is 23.8. The molecular weight excluding hydrogens is 470 g/mol. The fourth-order valence-electron chi connectivity index (χ4n) is 4.21. The van der Waals surface area contributed by atoms with Gasteiger partial charge in [-0.1, -0.05) is 56.5 Å². The Balaban J connectivity index is 0.000000509. The molecule has 9 heteroatoms. The van der Waals surface area contributed by atoms with Gasteiger partial charge in [-0.2, -0.15) is 0 Å². The van der Waals surface area contributed by atoms with Gasteiger partial charge in [-0.3, -0.25) is 4.99 Å². The van der Waals surface area contributed by atoms with E-state index in [0.717, 1.165) is 25.0 Å². The second-order valence-electron chi connectivity index (χ2n) is 9.15. The van der Waals surface area contributed by atoms with Gasteiger partial charge in [0.25, 0.3) is 0 Å². The number of aliphatic hydroxyl groups is 1. The van der Waals surface area contributed by atoms with E-state index in [4.69, 9.17) is 34.2 Å². The van der Waals surface area contributed by atoms with Gasteiger partial charge in [0.05, 0.1) is 30.9 Å². The Morgan fingerprint density at radius 1 is 1.17 bits per heavy atom. The van der Waals surface area contributed by atoms with Crippen molar-refractivity contribution >= 4 is 22.8 Å². The Kier molecular flexibility index (Phi) is 11.3. The van der Waals surface area contributed by atoms with Crippen LogP contribution in [0.1, 0.15) is 64.4 Å². The van der Waals surface area contributed by atoms with E-state index < -0.39 is 12.1 Å². The summed E-state index contributed by atoms with van der Waals surface area (Å²) in [4.78, 5) is 14.4. The molecular formula is C26H39NO7S. The van der Waals surface area contributed by atoms with Crippen LogP contribution < -0.4 is 4.74 Å². The van der Waals surface area contributed by atoms with Crippen LogP contribution in [0.15, 0.2) is 29.3 Å². The smallest absolute Gasteiger partial charge is 0.332 e. The molecule has 0 radical (unpaired) electrons. The molecule has 1 aromatic carbocycles. The summed E-state index contributed by atoms with van der Waals surface area (Å²) in [6, 6.07) is 8.31. The van der Waals surface area contributed by atoms with Crippen molar-refractivity contribution in [2.75, 3.05) is 13.7 Å². The van der Waals surface area contributed by atoms with E-state index in [1.807, 2.05) is 23.9 Å². The summed E-state index contributed by atoms with van der Waals surface area (Å²) in [6.45, 7) is 4.05. The first kappa shape index (κ1) is 27.9. The number of hydrogen-bond acceptors (Lipinski definition) is 8. The Hall–Kier alpha value is -1.65. The number of hydrogen-bond donors (Lipinski definition) is 2. The summed E-state index contributed by atoms with van der Waals surface area (Å²) in [6.07, 6.45) is 7.92. The normalized spacial score (nSPS) is 28.1. The molecule has 196 valence electrons. The minimum Gasteiger partial charge on any atom is -0.497 e. The zero-order valence-electron chi connectivity index (χ0n) is 20.9. The quantitative estimate of drug-likeness (QED) is 0.447. The lowest BCUT2D eigenvalue weighted by molar-refractivity contribution is -0.277. The first-order valence-electron chi connectivity index (χ1n) is 12.6. The van der Waals surface area contributed by atoms with Crippen molar-refractivity contribution in [3.8, 4) is 5.75 Å². The van der Waals surface area contributed by atoms with Crippen LogP contribution in [0.25, 0.3) is 0 Å². The van der Waals surface area contributed by atoms with Crippen molar-refractivity contribution in [2.45, 2.75) is 101 Å². The predicted molar refractivity (Wildman–Crippen MR) is 136 cm³/mol. The van der Waals surface area contributed by atoms with E-state index >= 15 is 0 Å². The summed E-state index contributed by atoms with van der Waals surface area (Å²) in [5.41, 5.74) is 1.33. The third kappa shape index (κ3) is 8.75. The highest BCUT2D eigenvalue weighted by atomic mass is 32.2. The van der Waals surface area contributed by atoms with Crippen LogP contribution >= 0.6 is 11.8 Å². The van der Waals surface area contributed by atoms with Crippen molar-refractivity contribution in [1.29, 1.82) is 0 Å². The molecule has 3 aliphatic rings. The predicted octanol–water partition coefficient (Wildman–Crippen LogP) is 4.42. The number of carbonyl (C=O) groups is 1. The first-order chi connectivity index (χ1) is 16.9. The average molecular weight is 510 g/mol. The van der Waals surface area contributed by atoms with Gasteiger partial charge in [-0.25, -0.2) is 4.79 Å². The molecule has 0 aromatic heterocycles. The molecule has 0 bridgehead atoms. The van der Waals surface area contributed by atoms with Crippen LogP contribution in [0.3, 0.4) is 0 Å². The number of ether oxygens (including phenoxy) is 4. The van der Waals surface area contributed by atoms with Gasteiger partial charge in [-0.05, 0) is 37.5 Å². The van der Waals surface area contributed by atoms with Gasteiger partial charge in [0.1, 0.15) is 23.4 Å². The molecule has 3 aliphatic heterocycles. The number of thioether (sulfide) groups is 1. The van der Waals surface area contributed by atoms with Crippen molar-refractivity contribution in [3.63, 3.8) is 0 Å². The number of aliphatic carboxylic acids is 1. The van der Waals surface area contributed by atoms with Gasteiger partial charge >= 0.3 is 5.97 Å². The number of carboxylic acid groups (broad SMARTS) is 1. The molecule has 0 saturated carbocycles. The monoisotopic (exact) mass is 509 g/mol. The van der Waals surface area contributed by atoms with Gasteiger partial charge in [-0.15, -0.1) is 0 Å². The number of rotatable bonds is 10. The van der Waals surface area contributed by atoms with E-state index in [0.29, 0.717) is 6.61 Å². The molecule has 4 rings (SSSR count). The van der Waals surface area contributed by atoms with Crippen molar-refractivity contribution in [3.05, 3.63) is 29.8 Å². The maximum Gasteiger partial charge on any atom is 0.332 e. The third-order valence-electron chi connectivity index (χ3n) is 6.26. The molecule has 2 N–H and O–H groups in total. The number of nitrogens with zero attached hydrogens (tertiary/aromatic N) is 1. The molecule has 2 fully saturated rings. The highest BCUT2D eigenvalue weighted by Gasteiger charge is 2.45. The van der Waals surface area contributed by atoms with Gasteiger partial charge in [0, 0.05) is 12.8 Å². The Bertz CT molecular complexity index is 816. The van der Waals surface area contributed by atoms with Crippen molar-refractivity contribution < 1.29 is 34.0 Å². The van der Waals surface area contributed by atoms with Gasteiger partial charge in [0.2, 0.25) is 0 Å². The lowest BCUT2D eigenvalue weighted by Gasteiger charge is -2.42. The van der Waals surface area contributed by atoms with Crippen LogP contribution in [0.4, 0.5) is 0 Å². The minimum atomic E-state index is -1.23. The first-order valence-corrected chi connectivity index (χ1v) is 13.5. The van der Waals surface area contributed by atoms with E-state index in [9.17, 15) is 4.79 Å². The maximum absolute atomic E-state index is 9.45. The van der Waals surface area contributed by atoms with Crippen LogP contribution in [-0.4, -0.2) is 71.0 Å². The maximum atomic E-state index is 9.45. The van der Waals surface area contributed by atoms with Crippen molar-refractivity contribution in [1.82, 2.24) is 0 Å². The molecule has 8 nitrogen and oxygen atoms in total. The second kappa shape index (κ2) is 14.2. The molecule has 6 atom stereocenters. The number of aliphatic imine (C=N–C) groups is 1. The molecule has 0 aliphatic carbocycles. The second-order valence-corrected chi connectivity index (χ2v) is 10.3. The number of fused-ring (bicyclic) bond motifs is 2. The number of unbranched alkanes of at least 4 members (excludes halogenated alkanes) is 4. The molecule has 3 heterocycles. The molecule has 0 spiro atoms. The Morgan fingerprint density at radius 3 is 2.54 bits per heavy atom. The number of benzene rings is 1. The number of methoxy groups -OCH3 is 1. The lowest BCUT2D eigenvalue weighted by Crippen LogP contribution is -2.53. The fourth-order valence-corrected chi connectivity index (χ4v) is 5.47. The topological polar surface area (TPSA) is 107 Å². The van der Waals surface area contributed by atoms with Crippen LogP contribution in [0, 0.1) is 0 Å². The highest BCUT2D eigenvalue weighted by Crippen LogP contribution is 2.40. The summed E-state index contributed by atoms with van der Waals surface area (Å²) in [5.74, 6) is -0.321. The Morgan fingerprint density at radius 2 is 1.89 bits per heavy atom. The van der Waals surface area contributed by atoms with Crippen LogP contribution in [-0.2, 0) is 25.4 Å². The van der Waals surface area contributed by atoms with E-state index in [1.165, 1.54) is 49.6 Å². The van der Waals surface area contributed by atoms with E-state index in [2.05, 4.69) is 19.1 Å². The SMILES string of the molecule is CC(O)C(=O)O.CCCCCCCC1=NC2CC3OC(Cc4ccc(OC)cc4)OCC3OC2S1. The van der Waals surface area contributed by atoms with Crippen LogP contribution in [0.5, 0.6) is 5.75 Å². The minimum absolute atomic E-state index is 0.0231. The zero-order chi connectivity index (χ0) is 25.2. The molecule has 1 aromatic rings. The average Bonchev–Trinajstić information content (AvgIpc) is 3.24. The third-order valence-corrected chi connectivity index (χ3v) is 7.50. The largest absolute Gasteiger partial charge is 0.497 e. The fraction of sp³-hybridized carbons (Fsp3) is 0.692. The lowest BCUT2D eigenvalue weighted by atomic mass is 10.0. The number of aliphatic hydroxyl groups excluding tert-OH is 1. The van der Waals surface area contributed by atoms with Gasteiger partial charge in [0.15, 0.2) is 6.29 Å². The highest BCUT2D eigenvalue weighted by molar-refractivity contribution is 8.14. The summed E-state index contributed by atoms with van der Waals surface area (Å²) in [7, 11) is 1.68. The Labute approximate surface area is 212 Å². The zero-order valence-corrected chi connectivity index (χ0v) is 21.7. The summed E-state index contributed by atoms with van der Waals surface area (Å²) in [5, 5.41) is 17.0. The summed E-state index contributed by atoms with van der Waals surface area (Å²) >= 11 is 1.83. The molecule has 2 saturated heterocycles. The molecule has 6 unspecified atom stereocenters. The molecule has 35 heavy (non-hydrogen) atoms. The van der Waals surface area contributed by atoms with Crippen LogP contribution in [0.2, 0.25) is 0 Å². The van der Waals surface area contributed by atoms with E-state index in [-0.39, 0.29) is 30.0 Å². The van der Waals surface area contributed by atoms with Crippen molar-refractivity contribution in [2.24, 2.45) is 4.99 Å². The van der Waals surface area contributed by atoms with E-state index in [1.54, 1.807) is 7.11 Å².